The third-order valence-corrected chi connectivity index (χ3v) is 5.70. The topological polar surface area (TPSA) is 220 Å². The number of carbonyl (C=O) groups is 4. The first-order valence-corrected chi connectivity index (χ1v) is 12.0. The summed E-state index contributed by atoms with van der Waals surface area (Å²) in [7, 11) is -5.27. The normalized spacial score (nSPS) is 10.5. The summed E-state index contributed by atoms with van der Waals surface area (Å²) in [6.07, 6.45) is 0. The van der Waals surface area contributed by atoms with E-state index in [9.17, 15) is 45.1 Å². The van der Waals surface area contributed by atoms with Gasteiger partial charge >= 0.3 is 40.4 Å². The largest absolute Gasteiger partial charge is 2.00 e. The SMILES string of the molecule is COC(=O)c1cc(C(=O)OC)cc(S(=O)(=O)[O-])c1.COC(=O)c1cc(C(=O)OC)cc(S(=O)(=O)[O-])c1.[Ni+2]. The maximum Gasteiger partial charge on any atom is 2.00 e. The van der Waals surface area contributed by atoms with Gasteiger partial charge < -0.3 is 28.1 Å². The van der Waals surface area contributed by atoms with E-state index in [0.717, 1.165) is 64.8 Å². The van der Waals surface area contributed by atoms with E-state index >= 15 is 0 Å². The molecule has 0 aliphatic rings. The van der Waals surface area contributed by atoms with E-state index in [1.807, 2.05) is 0 Å². The molecule has 37 heavy (non-hydrogen) atoms. The Balaban J connectivity index is 0.000000682. The molecular formula is C20H18NiO14S2. The van der Waals surface area contributed by atoms with Crippen LogP contribution in [-0.2, 0) is 55.7 Å². The number of benzene rings is 2. The Morgan fingerprint density at radius 1 is 0.514 bits per heavy atom. The minimum absolute atomic E-state index is 0. The average molecular weight is 605 g/mol. The molecule has 0 saturated carbocycles. The van der Waals surface area contributed by atoms with Gasteiger partial charge in [-0.2, -0.15) is 0 Å². The Kier molecular flexibility index (Phi) is 12.6. The van der Waals surface area contributed by atoms with Crippen molar-refractivity contribution < 1.29 is 80.6 Å². The van der Waals surface area contributed by atoms with Gasteiger partial charge in [-0.1, -0.05) is 0 Å². The Bertz CT molecular complexity index is 1220. The molecule has 2 aromatic rings. The van der Waals surface area contributed by atoms with E-state index in [2.05, 4.69) is 18.9 Å². The summed E-state index contributed by atoms with van der Waals surface area (Å²) in [5, 5.41) is 0. The quantitative estimate of drug-likeness (QED) is 0.188. The van der Waals surface area contributed by atoms with Crippen molar-refractivity contribution in [2.45, 2.75) is 9.79 Å². The number of hydrogen-bond donors (Lipinski definition) is 0. The second-order valence-electron chi connectivity index (χ2n) is 6.37. The molecule has 0 bridgehead atoms. The molecule has 2 aromatic carbocycles. The molecule has 0 atom stereocenters. The minimum Gasteiger partial charge on any atom is -0.744 e. The zero-order valence-corrected chi connectivity index (χ0v) is 21.9. The molecule has 0 N–H and O–H groups in total. The molecule has 14 nitrogen and oxygen atoms in total. The summed E-state index contributed by atoms with van der Waals surface area (Å²) in [5.41, 5.74) is -0.908. The van der Waals surface area contributed by atoms with Crippen LogP contribution < -0.4 is 0 Å². The number of esters is 4. The maximum atomic E-state index is 11.3. The van der Waals surface area contributed by atoms with Crippen LogP contribution in [0.2, 0.25) is 0 Å². The number of carbonyl (C=O) groups excluding carboxylic acids is 4. The minimum atomic E-state index is -4.80. The van der Waals surface area contributed by atoms with Crippen LogP contribution in [-0.4, -0.2) is 78.3 Å². The molecule has 0 unspecified atom stereocenters. The van der Waals surface area contributed by atoms with E-state index in [1.165, 1.54) is 0 Å². The summed E-state index contributed by atoms with van der Waals surface area (Å²) in [5.74, 6) is -3.48. The summed E-state index contributed by atoms with van der Waals surface area (Å²) in [4.78, 5) is 43.7. The van der Waals surface area contributed by atoms with Crippen LogP contribution in [0.15, 0.2) is 46.2 Å². The van der Waals surface area contributed by atoms with E-state index in [0.29, 0.717) is 0 Å². The molecule has 0 aliphatic heterocycles. The van der Waals surface area contributed by atoms with E-state index in [4.69, 9.17) is 0 Å². The molecule has 2 rings (SSSR count). The average Bonchev–Trinajstić information content (AvgIpc) is 2.85. The molecule has 17 heteroatoms. The van der Waals surface area contributed by atoms with Gasteiger partial charge in [-0.25, -0.2) is 36.0 Å². The second kappa shape index (κ2) is 13.8. The van der Waals surface area contributed by atoms with Gasteiger partial charge in [-0.3, -0.25) is 0 Å². The number of ether oxygens (including phenoxy) is 4. The van der Waals surface area contributed by atoms with Crippen LogP contribution in [0.1, 0.15) is 41.4 Å². The smallest absolute Gasteiger partial charge is 0.744 e. The van der Waals surface area contributed by atoms with Crippen LogP contribution in [0.4, 0.5) is 0 Å². The fraction of sp³-hybridized carbons (Fsp3) is 0.200. The third kappa shape index (κ3) is 9.55. The summed E-state index contributed by atoms with van der Waals surface area (Å²) < 4.78 is 82.9. The van der Waals surface area contributed by atoms with Crippen molar-refractivity contribution in [3.63, 3.8) is 0 Å². The predicted molar refractivity (Wildman–Crippen MR) is 114 cm³/mol. The van der Waals surface area contributed by atoms with Crippen LogP contribution in [0.5, 0.6) is 0 Å². The number of hydrogen-bond acceptors (Lipinski definition) is 14. The van der Waals surface area contributed by atoms with Gasteiger partial charge in [0.2, 0.25) is 0 Å². The van der Waals surface area contributed by atoms with Crippen molar-refractivity contribution in [2.24, 2.45) is 0 Å². The molecular weight excluding hydrogens is 587 g/mol. The Hall–Kier alpha value is -3.37. The van der Waals surface area contributed by atoms with Crippen molar-refractivity contribution in [1.29, 1.82) is 0 Å². The Labute approximate surface area is 221 Å². The van der Waals surface area contributed by atoms with Crippen molar-refractivity contribution in [3.8, 4) is 0 Å². The van der Waals surface area contributed by atoms with Crippen molar-refractivity contribution in [3.05, 3.63) is 58.7 Å². The first-order chi connectivity index (χ1) is 16.6. The molecule has 0 aliphatic carbocycles. The molecule has 0 amide bonds. The fourth-order valence-corrected chi connectivity index (χ4v) is 3.51. The van der Waals surface area contributed by atoms with Gasteiger partial charge in [0.25, 0.3) is 0 Å². The molecule has 0 aromatic heterocycles. The first kappa shape index (κ1) is 33.6. The van der Waals surface area contributed by atoms with Gasteiger partial charge in [-0.05, 0) is 36.4 Å². The molecule has 0 fully saturated rings. The zero-order valence-electron chi connectivity index (χ0n) is 19.3. The number of methoxy groups -OCH3 is 4. The predicted octanol–water partition coefficient (Wildman–Crippen LogP) is 0.325. The van der Waals surface area contributed by atoms with Gasteiger partial charge in [-0.15, -0.1) is 0 Å². The monoisotopic (exact) mass is 604 g/mol. The van der Waals surface area contributed by atoms with Crippen molar-refractivity contribution >= 4 is 44.1 Å². The molecule has 0 radical (unpaired) electrons. The summed E-state index contributed by atoms with van der Waals surface area (Å²) in [6.45, 7) is 0. The fourth-order valence-electron chi connectivity index (χ4n) is 2.43. The van der Waals surface area contributed by atoms with Crippen LogP contribution in [0, 0.1) is 0 Å². The van der Waals surface area contributed by atoms with Gasteiger partial charge in [0.15, 0.2) is 0 Å². The second-order valence-corrected chi connectivity index (χ2v) is 9.13. The standard InChI is InChI=1S/2C10H10O7S.Ni/c2*1-16-9(11)6-3-7(10(12)17-2)5-8(4-6)18(13,14)15;/h2*3-5H,1-2H3,(H,13,14,15);/q;;+2/p-2. The van der Waals surface area contributed by atoms with E-state index in [1.54, 1.807) is 0 Å². The van der Waals surface area contributed by atoms with Crippen molar-refractivity contribution in [1.82, 2.24) is 0 Å². The Morgan fingerprint density at radius 3 is 0.838 bits per heavy atom. The first-order valence-electron chi connectivity index (χ1n) is 9.14. The van der Waals surface area contributed by atoms with Crippen LogP contribution >= 0.6 is 0 Å². The Morgan fingerprint density at radius 2 is 0.703 bits per heavy atom. The van der Waals surface area contributed by atoms with E-state index < -0.39 is 53.9 Å². The summed E-state index contributed by atoms with van der Waals surface area (Å²) in [6, 6.07) is 5.49. The molecule has 0 spiro atoms. The summed E-state index contributed by atoms with van der Waals surface area (Å²) >= 11 is 0. The third-order valence-electron chi connectivity index (χ3n) is 4.07. The maximum absolute atomic E-state index is 11.3. The van der Waals surface area contributed by atoms with Gasteiger partial charge in [0.05, 0.1) is 60.5 Å². The van der Waals surface area contributed by atoms with Crippen LogP contribution in [0.25, 0.3) is 0 Å². The molecule has 0 saturated heterocycles. The number of rotatable bonds is 6. The van der Waals surface area contributed by atoms with E-state index in [-0.39, 0.29) is 38.7 Å². The van der Waals surface area contributed by atoms with Gasteiger partial charge in [0, 0.05) is 0 Å². The zero-order chi connectivity index (χ0) is 27.8. The van der Waals surface area contributed by atoms with Crippen LogP contribution in [0.3, 0.4) is 0 Å². The molecule has 0 heterocycles. The van der Waals surface area contributed by atoms with Crippen molar-refractivity contribution in [2.75, 3.05) is 28.4 Å². The molecule has 204 valence electrons. The van der Waals surface area contributed by atoms with Gasteiger partial charge in [0.1, 0.15) is 20.2 Å².